The van der Waals surface area contributed by atoms with E-state index in [0.29, 0.717) is 13.0 Å². The maximum atomic E-state index is 12.0. The molecule has 6 nitrogen and oxygen atoms in total. The van der Waals surface area contributed by atoms with E-state index in [-0.39, 0.29) is 35.0 Å². The third-order valence-electron chi connectivity index (χ3n) is 2.33. The molecule has 0 aliphatic heterocycles. The summed E-state index contributed by atoms with van der Waals surface area (Å²) in [5, 5.41) is 11.8. The van der Waals surface area contributed by atoms with Crippen molar-refractivity contribution in [3.63, 3.8) is 0 Å². The second kappa shape index (κ2) is 7.15. The quantitative estimate of drug-likeness (QED) is 0.654. The molecule has 0 fully saturated rings. The van der Waals surface area contributed by atoms with Gasteiger partial charge in [0.15, 0.2) is 0 Å². The molecule has 1 unspecified atom stereocenters. The van der Waals surface area contributed by atoms with E-state index in [0.717, 1.165) is 0 Å². The number of anilines is 1. The molecule has 100 valence electrons. The number of nitrogens with one attached hydrogen (secondary N) is 1. The largest absolute Gasteiger partial charge is 0.397 e. The van der Waals surface area contributed by atoms with Gasteiger partial charge in [-0.05, 0) is 12.5 Å². The van der Waals surface area contributed by atoms with Crippen molar-refractivity contribution in [2.45, 2.75) is 12.5 Å². The molecule has 1 heterocycles. The standard InChI is InChI=1S/C11H16ClN3O3/c1-18-6-7(2-3-16)15-11(17)8-4-10(12)14-5-9(8)13/h4-5,7,16H,2-3,6,13H2,1H3,(H,15,17). The van der Waals surface area contributed by atoms with Crippen LogP contribution in [0.2, 0.25) is 5.15 Å². The van der Waals surface area contributed by atoms with Crippen LogP contribution in [0.15, 0.2) is 12.3 Å². The summed E-state index contributed by atoms with van der Waals surface area (Å²) < 4.78 is 4.95. The molecule has 18 heavy (non-hydrogen) atoms. The van der Waals surface area contributed by atoms with Gasteiger partial charge in [-0.1, -0.05) is 11.6 Å². The molecule has 1 atom stereocenters. The molecule has 7 heteroatoms. The predicted octanol–water partition coefficient (Wildman–Crippen LogP) is 0.444. The van der Waals surface area contributed by atoms with Crippen LogP contribution >= 0.6 is 11.6 Å². The van der Waals surface area contributed by atoms with Crippen LogP contribution in [-0.4, -0.2) is 42.4 Å². The van der Waals surface area contributed by atoms with Crippen molar-refractivity contribution >= 4 is 23.2 Å². The Hall–Kier alpha value is -1.37. The summed E-state index contributed by atoms with van der Waals surface area (Å²) in [4.78, 5) is 15.7. The Morgan fingerprint density at radius 3 is 3.06 bits per heavy atom. The zero-order valence-corrected chi connectivity index (χ0v) is 10.8. The number of nitrogens with two attached hydrogens (primary N) is 1. The Bertz CT molecular complexity index is 409. The minimum absolute atomic E-state index is 0.0408. The van der Waals surface area contributed by atoms with Crippen LogP contribution in [0.25, 0.3) is 0 Å². The van der Waals surface area contributed by atoms with E-state index < -0.39 is 0 Å². The predicted molar refractivity (Wildman–Crippen MR) is 68.5 cm³/mol. The molecular formula is C11H16ClN3O3. The molecule has 0 saturated heterocycles. The number of nitrogens with zero attached hydrogens (tertiary/aromatic N) is 1. The second-order valence-electron chi connectivity index (χ2n) is 3.73. The SMILES string of the molecule is COCC(CCO)NC(=O)c1cc(Cl)ncc1N. The summed E-state index contributed by atoms with van der Waals surface area (Å²) in [6.07, 6.45) is 1.73. The smallest absolute Gasteiger partial charge is 0.253 e. The first-order valence-corrected chi connectivity index (χ1v) is 5.78. The number of hydrogen-bond donors (Lipinski definition) is 3. The van der Waals surface area contributed by atoms with Crippen molar-refractivity contribution in [1.29, 1.82) is 0 Å². The number of amides is 1. The Morgan fingerprint density at radius 2 is 2.44 bits per heavy atom. The normalized spacial score (nSPS) is 12.2. The van der Waals surface area contributed by atoms with Crippen molar-refractivity contribution in [1.82, 2.24) is 10.3 Å². The topological polar surface area (TPSA) is 97.5 Å². The Balaban J connectivity index is 2.76. The number of halogens is 1. The third kappa shape index (κ3) is 4.14. The average Bonchev–Trinajstić information content (AvgIpc) is 2.33. The first kappa shape index (κ1) is 14.7. The molecule has 1 aromatic rings. The van der Waals surface area contributed by atoms with Crippen LogP contribution < -0.4 is 11.1 Å². The van der Waals surface area contributed by atoms with Crippen LogP contribution in [0, 0.1) is 0 Å². The van der Waals surface area contributed by atoms with Gasteiger partial charge in [0.25, 0.3) is 5.91 Å². The molecule has 0 aliphatic carbocycles. The van der Waals surface area contributed by atoms with Crippen LogP contribution in [0.1, 0.15) is 16.8 Å². The van der Waals surface area contributed by atoms with E-state index in [9.17, 15) is 4.79 Å². The molecule has 0 radical (unpaired) electrons. The number of hydrogen-bond acceptors (Lipinski definition) is 5. The van der Waals surface area contributed by atoms with E-state index >= 15 is 0 Å². The van der Waals surface area contributed by atoms with Gasteiger partial charge < -0.3 is 20.9 Å². The number of aliphatic hydroxyl groups is 1. The van der Waals surface area contributed by atoms with Gasteiger partial charge in [0.05, 0.1) is 30.1 Å². The van der Waals surface area contributed by atoms with Gasteiger partial charge in [0, 0.05) is 13.7 Å². The lowest BCUT2D eigenvalue weighted by molar-refractivity contribution is 0.0879. The number of rotatable bonds is 6. The number of aromatic nitrogens is 1. The van der Waals surface area contributed by atoms with Gasteiger partial charge in [-0.2, -0.15) is 0 Å². The highest BCUT2D eigenvalue weighted by molar-refractivity contribution is 6.29. The number of nitrogen functional groups attached to an aromatic ring is 1. The molecule has 1 aromatic heterocycles. The van der Waals surface area contributed by atoms with E-state index in [1.54, 1.807) is 0 Å². The summed E-state index contributed by atoms with van der Waals surface area (Å²) >= 11 is 5.71. The highest BCUT2D eigenvalue weighted by Gasteiger charge is 2.16. The molecular weight excluding hydrogens is 258 g/mol. The molecule has 0 aliphatic rings. The number of ether oxygens (including phenoxy) is 1. The molecule has 0 aromatic carbocycles. The number of carbonyl (C=O) groups is 1. The minimum atomic E-state index is -0.368. The Labute approximate surface area is 110 Å². The first-order valence-electron chi connectivity index (χ1n) is 5.40. The summed E-state index contributed by atoms with van der Waals surface area (Å²) in [6, 6.07) is 1.12. The molecule has 4 N–H and O–H groups in total. The van der Waals surface area contributed by atoms with Crippen molar-refractivity contribution in [2.24, 2.45) is 0 Å². The van der Waals surface area contributed by atoms with Crippen LogP contribution in [0.5, 0.6) is 0 Å². The Kier molecular flexibility index (Phi) is 5.84. The zero-order chi connectivity index (χ0) is 13.5. The first-order chi connectivity index (χ1) is 8.58. The van der Waals surface area contributed by atoms with Crippen LogP contribution in [0.4, 0.5) is 5.69 Å². The van der Waals surface area contributed by atoms with Crippen LogP contribution in [0.3, 0.4) is 0 Å². The van der Waals surface area contributed by atoms with Gasteiger partial charge in [-0.25, -0.2) is 4.98 Å². The van der Waals surface area contributed by atoms with E-state index in [1.807, 2.05) is 0 Å². The highest BCUT2D eigenvalue weighted by Crippen LogP contribution is 2.15. The summed E-state index contributed by atoms with van der Waals surface area (Å²) in [6.45, 7) is 0.270. The van der Waals surface area contributed by atoms with Crippen molar-refractivity contribution in [2.75, 3.05) is 26.1 Å². The fourth-order valence-corrected chi connectivity index (χ4v) is 1.61. The van der Waals surface area contributed by atoms with E-state index in [1.165, 1.54) is 19.4 Å². The van der Waals surface area contributed by atoms with Crippen molar-refractivity contribution < 1.29 is 14.6 Å². The molecule has 1 amide bonds. The maximum absolute atomic E-state index is 12.0. The van der Waals surface area contributed by atoms with E-state index in [2.05, 4.69) is 10.3 Å². The lowest BCUT2D eigenvalue weighted by Crippen LogP contribution is -2.39. The van der Waals surface area contributed by atoms with Gasteiger partial charge in [0.2, 0.25) is 0 Å². The zero-order valence-electron chi connectivity index (χ0n) is 10.0. The van der Waals surface area contributed by atoms with Gasteiger partial charge in [-0.15, -0.1) is 0 Å². The number of methoxy groups -OCH3 is 1. The fraction of sp³-hybridized carbons (Fsp3) is 0.455. The van der Waals surface area contributed by atoms with E-state index in [4.69, 9.17) is 27.2 Å². The number of carbonyl (C=O) groups excluding carboxylic acids is 1. The summed E-state index contributed by atoms with van der Waals surface area (Å²) in [5.41, 5.74) is 6.16. The highest BCUT2D eigenvalue weighted by atomic mass is 35.5. The molecule has 1 rings (SSSR count). The average molecular weight is 274 g/mol. The van der Waals surface area contributed by atoms with Gasteiger partial charge in [-0.3, -0.25) is 4.79 Å². The van der Waals surface area contributed by atoms with Gasteiger partial charge in [0.1, 0.15) is 5.15 Å². The maximum Gasteiger partial charge on any atom is 0.253 e. The Morgan fingerprint density at radius 1 is 1.72 bits per heavy atom. The van der Waals surface area contributed by atoms with Crippen molar-refractivity contribution in [3.05, 3.63) is 23.0 Å². The summed E-state index contributed by atoms with van der Waals surface area (Å²) in [5.74, 6) is -0.368. The molecule has 0 spiro atoms. The second-order valence-corrected chi connectivity index (χ2v) is 4.12. The molecule has 0 bridgehead atoms. The van der Waals surface area contributed by atoms with Gasteiger partial charge >= 0.3 is 0 Å². The number of pyridine rings is 1. The summed E-state index contributed by atoms with van der Waals surface area (Å²) in [7, 11) is 1.52. The molecule has 0 saturated carbocycles. The van der Waals surface area contributed by atoms with Crippen LogP contribution in [-0.2, 0) is 4.74 Å². The minimum Gasteiger partial charge on any atom is -0.397 e. The lowest BCUT2D eigenvalue weighted by Gasteiger charge is -2.17. The lowest BCUT2D eigenvalue weighted by atomic mass is 10.1. The fourth-order valence-electron chi connectivity index (χ4n) is 1.45. The monoisotopic (exact) mass is 273 g/mol. The number of aliphatic hydroxyl groups excluding tert-OH is 1. The van der Waals surface area contributed by atoms with Crippen molar-refractivity contribution in [3.8, 4) is 0 Å². The third-order valence-corrected chi connectivity index (χ3v) is 2.53.